The van der Waals surface area contributed by atoms with Crippen LogP contribution in [-0.2, 0) is 4.74 Å². The third-order valence-electron chi connectivity index (χ3n) is 3.52. The van der Waals surface area contributed by atoms with Crippen molar-refractivity contribution in [3.8, 4) is 6.07 Å². The molecule has 0 unspecified atom stereocenters. The van der Waals surface area contributed by atoms with E-state index < -0.39 is 11.7 Å². The van der Waals surface area contributed by atoms with Crippen LogP contribution in [0.25, 0.3) is 0 Å². The van der Waals surface area contributed by atoms with Gasteiger partial charge in [-0.1, -0.05) is 12.1 Å². The lowest BCUT2D eigenvalue weighted by molar-refractivity contribution is 0.0479. The minimum absolute atomic E-state index is 0.136. The van der Waals surface area contributed by atoms with Gasteiger partial charge >= 0.3 is 6.09 Å². The van der Waals surface area contributed by atoms with Crippen LogP contribution >= 0.6 is 0 Å². The van der Waals surface area contributed by atoms with Gasteiger partial charge in [0.25, 0.3) is 0 Å². The number of nitriles is 1. The van der Waals surface area contributed by atoms with Crippen molar-refractivity contribution in [2.75, 3.05) is 19.6 Å². The summed E-state index contributed by atoms with van der Waals surface area (Å²) in [4.78, 5) is 14.3. The molecule has 5 heteroatoms. The Morgan fingerprint density at radius 2 is 2.00 bits per heavy atom. The summed E-state index contributed by atoms with van der Waals surface area (Å²) in [5, 5.41) is 11.8. The molecule has 0 spiro atoms. The van der Waals surface area contributed by atoms with Crippen LogP contribution in [0.1, 0.15) is 44.4 Å². The Bertz CT molecular complexity index is 551. The fourth-order valence-electron chi connectivity index (χ4n) is 2.30. The van der Waals surface area contributed by atoms with Gasteiger partial charge < -0.3 is 15.0 Å². The van der Waals surface area contributed by atoms with E-state index in [-0.39, 0.29) is 6.04 Å². The van der Waals surface area contributed by atoms with E-state index in [1.54, 1.807) is 12.1 Å². The number of benzene rings is 1. The van der Waals surface area contributed by atoms with Gasteiger partial charge in [0.2, 0.25) is 0 Å². The van der Waals surface area contributed by atoms with E-state index in [2.05, 4.69) is 16.3 Å². The molecule has 1 fully saturated rings. The van der Waals surface area contributed by atoms with Crippen LogP contribution < -0.4 is 5.32 Å². The molecule has 118 valence electrons. The number of hydrogen-bond donors (Lipinski definition) is 1. The highest BCUT2D eigenvalue weighted by Gasteiger charge is 2.24. The first-order valence-electron chi connectivity index (χ1n) is 7.59. The maximum atomic E-state index is 12.0. The summed E-state index contributed by atoms with van der Waals surface area (Å²) in [6, 6.07) is 9.29. The maximum absolute atomic E-state index is 12.0. The van der Waals surface area contributed by atoms with Gasteiger partial charge in [-0.05, 0) is 58.0 Å². The molecule has 1 aliphatic heterocycles. The predicted octanol–water partition coefficient (Wildman–Crippen LogP) is 2.83. The third kappa shape index (κ3) is 4.74. The second-order valence-corrected chi connectivity index (χ2v) is 6.59. The first-order chi connectivity index (χ1) is 10.4. The third-order valence-corrected chi connectivity index (χ3v) is 3.52. The van der Waals surface area contributed by atoms with Gasteiger partial charge in [0.1, 0.15) is 5.60 Å². The van der Waals surface area contributed by atoms with Gasteiger partial charge in [-0.2, -0.15) is 5.26 Å². The summed E-state index contributed by atoms with van der Waals surface area (Å²) in [5.74, 6) is 0. The van der Waals surface area contributed by atoms with E-state index >= 15 is 0 Å². The summed E-state index contributed by atoms with van der Waals surface area (Å²) in [6.07, 6.45) is 0.786. The summed E-state index contributed by atoms with van der Waals surface area (Å²) in [7, 11) is 0. The Morgan fingerprint density at radius 3 is 2.45 bits per heavy atom. The Labute approximate surface area is 131 Å². The van der Waals surface area contributed by atoms with Crippen molar-refractivity contribution in [2.45, 2.75) is 38.8 Å². The number of alkyl carbamates (subject to hydrolysis) is 1. The largest absolute Gasteiger partial charge is 0.444 e. The molecule has 1 atom stereocenters. The van der Waals surface area contributed by atoms with E-state index in [9.17, 15) is 4.79 Å². The van der Waals surface area contributed by atoms with Gasteiger partial charge in [0.15, 0.2) is 0 Å². The lowest BCUT2D eigenvalue weighted by Gasteiger charge is -2.34. The lowest BCUT2D eigenvalue weighted by atomic mass is 10.0. The predicted molar refractivity (Wildman–Crippen MR) is 84.3 cm³/mol. The average molecular weight is 301 g/mol. The standard InChI is InChI=1S/C17H23N3O2/c1-17(2,3)22-16(21)19-15(12-20-9-4-10-20)14-7-5-13(11-18)6-8-14/h5-8,15H,4,9-10,12H2,1-3H3,(H,19,21)/t15-/m1/s1. The molecule has 1 heterocycles. The first-order valence-corrected chi connectivity index (χ1v) is 7.59. The molecule has 0 saturated carbocycles. The van der Waals surface area contributed by atoms with Gasteiger partial charge in [-0.3, -0.25) is 0 Å². The number of nitrogens with one attached hydrogen (secondary N) is 1. The van der Waals surface area contributed by atoms with E-state index in [0.717, 1.165) is 25.2 Å². The van der Waals surface area contributed by atoms with E-state index in [1.165, 1.54) is 6.42 Å². The Morgan fingerprint density at radius 1 is 1.36 bits per heavy atom. The SMILES string of the molecule is CC(C)(C)OC(=O)N[C@H](CN1CCC1)c1ccc(C#N)cc1. The van der Waals surface area contributed by atoms with Crippen molar-refractivity contribution >= 4 is 6.09 Å². The first kappa shape index (κ1) is 16.3. The molecule has 1 saturated heterocycles. The van der Waals surface area contributed by atoms with Crippen molar-refractivity contribution in [2.24, 2.45) is 0 Å². The molecular weight excluding hydrogens is 278 g/mol. The van der Waals surface area contributed by atoms with Gasteiger partial charge in [0.05, 0.1) is 17.7 Å². The molecule has 5 nitrogen and oxygen atoms in total. The molecule has 0 aromatic heterocycles. The normalized spacial score (nSPS) is 16.3. The monoisotopic (exact) mass is 301 g/mol. The van der Waals surface area contributed by atoms with Gasteiger partial charge in [-0.25, -0.2) is 4.79 Å². The van der Waals surface area contributed by atoms with Crippen LogP contribution in [0.5, 0.6) is 0 Å². The molecule has 1 aromatic rings. The maximum Gasteiger partial charge on any atom is 0.408 e. The molecule has 1 aromatic carbocycles. The van der Waals surface area contributed by atoms with Crippen LogP contribution in [0, 0.1) is 11.3 Å². The Hall–Kier alpha value is -2.06. The topological polar surface area (TPSA) is 65.4 Å². The van der Waals surface area contributed by atoms with Crippen molar-refractivity contribution in [1.82, 2.24) is 10.2 Å². The molecule has 0 bridgehead atoms. The van der Waals surface area contributed by atoms with Crippen molar-refractivity contribution in [3.63, 3.8) is 0 Å². The quantitative estimate of drug-likeness (QED) is 0.928. The van der Waals surface area contributed by atoms with Crippen LogP contribution in [0.15, 0.2) is 24.3 Å². The Balaban J connectivity index is 2.07. The number of rotatable bonds is 4. The van der Waals surface area contributed by atoms with E-state index in [4.69, 9.17) is 10.00 Å². The zero-order valence-corrected chi connectivity index (χ0v) is 13.4. The highest BCUT2D eigenvalue weighted by atomic mass is 16.6. The fourth-order valence-corrected chi connectivity index (χ4v) is 2.30. The van der Waals surface area contributed by atoms with Crippen molar-refractivity contribution in [3.05, 3.63) is 35.4 Å². The number of likely N-dealkylation sites (tertiary alicyclic amines) is 1. The van der Waals surface area contributed by atoms with Crippen molar-refractivity contribution in [1.29, 1.82) is 5.26 Å². The second-order valence-electron chi connectivity index (χ2n) is 6.59. The van der Waals surface area contributed by atoms with Gasteiger partial charge in [0, 0.05) is 6.54 Å². The summed E-state index contributed by atoms with van der Waals surface area (Å²) >= 11 is 0. The molecule has 1 aliphatic rings. The second kappa shape index (κ2) is 6.80. The number of hydrogen-bond acceptors (Lipinski definition) is 4. The van der Waals surface area contributed by atoms with E-state index in [1.807, 2.05) is 32.9 Å². The minimum atomic E-state index is -0.518. The van der Waals surface area contributed by atoms with Crippen LogP contribution in [0.4, 0.5) is 4.79 Å². The van der Waals surface area contributed by atoms with Crippen LogP contribution in [0.2, 0.25) is 0 Å². The molecule has 0 radical (unpaired) electrons. The molecule has 2 rings (SSSR count). The number of ether oxygens (including phenoxy) is 1. The number of carbonyl (C=O) groups is 1. The van der Waals surface area contributed by atoms with Gasteiger partial charge in [-0.15, -0.1) is 0 Å². The molecular formula is C17H23N3O2. The summed E-state index contributed by atoms with van der Waals surface area (Å²) in [6.45, 7) is 8.41. The number of amides is 1. The highest BCUT2D eigenvalue weighted by Crippen LogP contribution is 2.19. The lowest BCUT2D eigenvalue weighted by Crippen LogP contribution is -2.45. The fraction of sp³-hybridized carbons (Fsp3) is 0.529. The number of carbonyl (C=O) groups excluding carboxylic acids is 1. The highest BCUT2D eigenvalue weighted by molar-refractivity contribution is 5.68. The zero-order chi connectivity index (χ0) is 16.2. The average Bonchev–Trinajstić information content (AvgIpc) is 2.39. The van der Waals surface area contributed by atoms with Crippen molar-refractivity contribution < 1.29 is 9.53 Å². The van der Waals surface area contributed by atoms with Crippen LogP contribution in [0.3, 0.4) is 0 Å². The molecule has 1 amide bonds. The zero-order valence-electron chi connectivity index (χ0n) is 13.4. The molecule has 22 heavy (non-hydrogen) atoms. The molecule has 1 N–H and O–H groups in total. The van der Waals surface area contributed by atoms with Crippen LogP contribution in [-0.4, -0.2) is 36.2 Å². The van der Waals surface area contributed by atoms with E-state index in [0.29, 0.717) is 5.56 Å². The Kier molecular flexibility index (Phi) is 5.04. The minimum Gasteiger partial charge on any atom is -0.444 e. The summed E-state index contributed by atoms with van der Waals surface area (Å²) in [5.41, 5.74) is 1.08. The molecule has 0 aliphatic carbocycles. The smallest absolute Gasteiger partial charge is 0.408 e. The summed E-state index contributed by atoms with van der Waals surface area (Å²) < 4.78 is 5.35. The number of nitrogens with zero attached hydrogens (tertiary/aromatic N) is 2.